The Morgan fingerprint density at radius 2 is 1.94 bits per heavy atom. The van der Waals surface area contributed by atoms with E-state index < -0.39 is 0 Å². The zero-order chi connectivity index (χ0) is 12.3. The van der Waals surface area contributed by atoms with Crippen molar-refractivity contribution in [3.63, 3.8) is 0 Å². The van der Waals surface area contributed by atoms with Gasteiger partial charge in [-0.1, -0.05) is 43.7 Å². The predicted molar refractivity (Wildman–Crippen MR) is 68.9 cm³/mol. The van der Waals surface area contributed by atoms with Crippen molar-refractivity contribution < 1.29 is 0 Å². The molecule has 0 aliphatic rings. The molecule has 0 radical (unpaired) electrons. The fourth-order valence-corrected chi connectivity index (χ4v) is 1.82. The van der Waals surface area contributed by atoms with Crippen LogP contribution in [-0.2, 0) is 13.5 Å². The molecule has 2 aromatic rings. The maximum Gasteiger partial charge on any atom is 0.253 e. The van der Waals surface area contributed by atoms with E-state index in [1.807, 2.05) is 30.3 Å². The van der Waals surface area contributed by atoms with Gasteiger partial charge in [-0.3, -0.25) is 9.36 Å². The lowest BCUT2D eigenvalue weighted by Crippen LogP contribution is -2.20. The van der Waals surface area contributed by atoms with Gasteiger partial charge in [-0.25, -0.2) is 4.98 Å². The van der Waals surface area contributed by atoms with Gasteiger partial charge in [0.2, 0.25) is 0 Å². The Morgan fingerprint density at radius 3 is 2.59 bits per heavy atom. The maximum absolute atomic E-state index is 11.8. The molecule has 0 N–H and O–H groups in total. The van der Waals surface area contributed by atoms with E-state index in [2.05, 4.69) is 11.9 Å². The molecule has 3 nitrogen and oxygen atoms in total. The normalized spacial score (nSPS) is 10.5. The van der Waals surface area contributed by atoms with Gasteiger partial charge >= 0.3 is 0 Å². The highest BCUT2D eigenvalue weighted by molar-refractivity contribution is 5.55. The van der Waals surface area contributed by atoms with Crippen LogP contribution in [-0.4, -0.2) is 9.55 Å². The summed E-state index contributed by atoms with van der Waals surface area (Å²) in [6.45, 7) is 2.08. The molecular weight excluding hydrogens is 212 g/mol. The van der Waals surface area contributed by atoms with Crippen LogP contribution >= 0.6 is 0 Å². The SMILES string of the molecule is CCCc1cc(=O)n(C)c(-c2ccccc2)n1. The molecule has 17 heavy (non-hydrogen) atoms. The molecule has 1 aromatic carbocycles. The first-order chi connectivity index (χ1) is 8.22. The molecule has 0 spiro atoms. The van der Waals surface area contributed by atoms with Crippen molar-refractivity contribution in [2.45, 2.75) is 19.8 Å². The Bertz CT molecular complexity index is 558. The van der Waals surface area contributed by atoms with Crippen molar-refractivity contribution >= 4 is 0 Å². The van der Waals surface area contributed by atoms with Crippen LogP contribution in [0.25, 0.3) is 11.4 Å². The van der Waals surface area contributed by atoms with Gasteiger partial charge in [0.25, 0.3) is 5.56 Å². The molecule has 1 heterocycles. The second-order valence-corrected chi connectivity index (χ2v) is 4.08. The van der Waals surface area contributed by atoms with Gasteiger partial charge in [0.1, 0.15) is 5.82 Å². The van der Waals surface area contributed by atoms with E-state index in [1.54, 1.807) is 17.7 Å². The van der Waals surface area contributed by atoms with Crippen molar-refractivity contribution in [2.75, 3.05) is 0 Å². The maximum atomic E-state index is 11.8. The molecule has 0 fully saturated rings. The molecule has 0 amide bonds. The summed E-state index contributed by atoms with van der Waals surface area (Å²) < 4.78 is 1.59. The van der Waals surface area contributed by atoms with E-state index in [0.717, 1.165) is 29.9 Å². The molecule has 0 aliphatic heterocycles. The number of aromatic nitrogens is 2. The monoisotopic (exact) mass is 228 g/mol. The molecule has 0 unspecified atom stereocenters. The van der Waals surface area contributed by atoms with E-state index in [1.165, 1.54) is 0 Å². The first-order valence-electron chi connectivity index (χ1n) is 5.84. The lowest BCUT2D eigenvalue weighted by molar-refractivity contribution is 0.794. The number of nitrogens with zero attached hydrogens (tertiary/aromatic N) is 2. The van der Waals surface area contributed by atoms with Gasteiger partial charge in [-0.2, -0.15) is 0 Å². The first kappa shape index (κ1) is 11.6. The number of benzene rings is 1. The van der Waals surface area contributed by atoms with E-state index in [4.69, 9.17) is 0 Å². The standard InChI is InChI=1S/C14H16N2O/c1-3-7-12-10-13(17)16(2)14(15-12)11-8-5-4-6-9-11/h4-6,8-10H,3,7H2,1-2H3. The molecule has 0 bridgehead atoms. The van der Waals surface area contributed by atoms with Gasteiger partial charge in [0, 0.05) is 24.4 Å². The fourth-order valence-electron chi connectivity index (χ4n) is 1.82. The van der Waals surface area contributed by atoms with E-state index in [0.29, 0.717) is 0 Å². The molecule has 2 rings (SSSR count). The Balaban J connectivity index is 2.57. The second-order valence-electron chi connectivity index (χ2n) is 4.08. The third-order valence-corrected chi connectivity index (χ3v) is 2.73. The summed E-state index contributed by atoms with van der Waals surface area (Å²) >= 11 is 0. The summed E-state index contributed by atoms with van der Waals surface area (Å²) in [5.74, 6) is 0.738. The minimum absolute atomic E-state index is 0.00213. The van der Waals surface area contributed by atoms with Crippen LogP contribution < -0.4 is 5.56 Å². The van der Waals surface area contributed by atoms with E-state index >= 15 is 0 Å². The minimum Gasteiger partial charge on any atom is -0.296 e. The van der Waals surface area contributed by atoms with Crippen LogP contribution in [0.15, 0.2) is 41.2 Å². The summed E-state index contributed by atoms with van der Waals surface area (Å²) in [6.07, 6.45) is 1.84. The molecule has 0 saturated carbocycles. The van der Waals surface area contributed by atoms with Crippen molar-refractivity contribution in [1.82, 2.24) is 9.55 Å². The Morgan fingerprint density at radius 1 is 1.24 bits per heavy atom. The quantitative estimate of drug-likeness (QED) is 0.808. The van der Waals surface area contributed by atoms with Crippen molar-refractivity contribution in [3.05, 3.63) is 52.4 Å². The number of hydrogen-bond acceptors (Lipinski definition) is 2. The van der Waals surface area contributed by atoms with E-state index in [9.17, 15) is 4.79 Å². The second kappa shape index (κ2) is 4.95. The summed E-state index contributed by atoms with van der Waals surface area (Å²) in [5.41, 5.74) is 1.85. The van der Waals surface area contributed by atoms with Gasteiger partial charge in [-0.05, 0) is 6.42 Å². The lowest BCUT2D eigenvalue weighted by Gasteiger charge is -2.09. The smallest absolute Gasteiger partial charge is 0.253 e. The van der Waals surface area contributed by atoms with Crippen LogP contribution in [0, 0.1) is 0 Å². The Kier molecular flexibility index (Phi) is 3.38. The largest absolute Gasteiger partial charge is 0.296 e. The molecule has 0 aliphatic carbocycles. The highest BCUT2D eigenvalue weighted by Gasteiger charge is 2.06. The summed E-state index contributed by atoms with van der Waals surface area (Å²) in [4.78, 5) is 16.4. The molecule has 0 atom stereocenters. The third kappa shape index (κ3) is 2.44. The molecule has 88 valence electrons. The molecule has 3 heteroatoms. The molecule has 0 saturated heterocycles. The summed E-state index contributed by atoms with van der Waals surface area (Å²) in [5, 5.41) is 0. The minimum atomic E-state index is 0.00213. The van der Waals surface area contributed by atoms with Crippen LogP contribution in [0.2, 0.25) is 0 Å². The highest BCUT2D eigenvalue weighted by Crippen LogP contribution is 2.14. The van der Waals surface area contributed by atoms with Crippen molar-refractivity contribution in [2.24, 2.45) is 7.05 Å². The fraction of sp³-hybridized carbons (Fsp3) is 0.286. The van der Waals surface area contributed by atoms with Crippen molar-refractivity contribution in [1.29, 1.82) is 0 Å². The van der Waals surface area contributed by atoms with Gasteiger partial charge < -0.3 is 0 Å². The van der Waals surface area contributed by atoms with Crippen LogP contribution in [0.5, 0.6) is 0 Å². The number of aryl methyl sites for hydroxylation is 1. The third-order valence-electron chi connectivity index (χ3n) is 2.73. The zero-order valence-corrected chi connectivity index (χ0v) is 10.2. The topological polar surface area (TPSA) is 34.9 Å². The van der Waals surface area contributed by atoms with Gasteiger partial charge in [0.05, 0.1) is 0 Å². The zero-order valence-electron chi connectivity index (χ0n) is 10.2. The van der Waals surface area contributed by atoms with Gasteiger partial charge in [0.15, 0.2) is 0 Å². The lowest BCUT2D eigenvalue weighted by atomic mass is 10.2. The van der Waals surface area contributed by atoms with Crippen molar-refractivity contribution in [3.8, 4) is 11.4 Å². The van der Waals surface area contributed by atoms with Gasteiger partial charge in [-0.15, -0.1) is 0 Å². The average molecular weight is 228 g/mol. The van der Waals surface area contributed by atoms with E-state index in [-0.39, 0.29) is 5.56 Å². The molecule has 1 aromatic heterocycles. The summed E-state index contributed by atoms with van der Waals surface area (Å²) in [6, 6.07) is 11.4. The highest BCUT2D eigenvalue weighted by atomic mass is 16.1. The Labute approximate surface area is 101 Å². The first-order valence-corrected chi connectivity index (χ1v) is 5.84. The molecular formula is C14H16N2O. The Hall–Kier alpha value is -1.90. The summed E-state index contributed by atoms with van der Waals surface area (Å²) in [7, 11) is 1.76. The van der Waals surface area contributed by atoms with Crippen LogP contribution in [0.3, 0.4) is 0 Å². The van der Waals surface area contributed by atoms with Crippen LogP contribution in [0.4, 0.5) is 0 Å². The van der Waals surface area contributed by atoms with Crippen LogP contribution in [0.1, 0.15) is 19.0 Å². The number of rotatable bonds is 3. The average Bonchev–Trinajstić information content (AvgIpc) is 2.35. The number of hydrogen-bond donors (Lipinski definition) is 0. The predicted octanol–water partition coefficient (Wildman–Crippen LogP) is 2.40.